The maximum Gasteiger partial charge on any atom is 0.266 e. The first-order chi connectivity index (χ1) is 14.6. The fourth-order valence-corrected chi connectivity index (χ4v) is 3.71. The Morgan fingerprint density at radius 3 is 2.27 bits per heavy atom. The summed E-state index contributed by atoms with van der Waals surface area (Å²) in [7, 11) is 0. The summed E-state index contributed by atoms with van der Waals surface area (Å²) in [4.78, 5) is 30.2. The Morgan fingerprint density at radius 2 is 1.57 bits per heavy atom. The van der Waals surface area contributed by atoms with Crippen LogP contribution in [0.15, 0.2) is 100.0 Å². The van der Waals surface area contributed by atoms with Crippen LogP contribution >= 0.6 is 11.8 Å². The number of fused-ring (bicyclic) bond motifs is 1. The normalized spacial score (nSPS) is 11.4. The molecule has 1 aromatic heterocycles. The van der Waals surface area contributed by atoms with Crippen LogP contribution in [0.25, 0.3) is 16.6 Å². The number of rotatable bonds is 5. The average molecular weight is 414 g/mol. The van der Waals surface area contributed by atoms with Gasteiger partial charge in [0.25, 0.3) is 5.56 Å². The van der Waals surface area contributed by atoms with Crippen LogP contribution in [0.2, 0.25) is 0 Å². The topological polar surface area (TPSA) is 76.3 Å². The molecule has 0 amide bonds. The molecule has 0 unspecified atom stereocenters. The Morgan fingerprint density at radius 1 is 0.933 bits per heavy atom. The second kappa shape index (κ2) is 8.75. The molecule has 0 aliphatic rings. The molecular formula is C23H18N4O2S. The molecule has 0 bridgehead atoms. The van der Waals surface area contributed by atoms with Crippen molar-refractivity contribution in [3.63, 3.8) is 0 Å². The predicted molar refractivity (Wildman–Crippen MR) is 121 cm³/mol. The number of thioether (sulfide) groups is 1. The van der Waals surface area contributed by atoms with Crippen molar-refractivity contribution < 1.29 is 4.79 Å². The Kier molecular flexibility index (Phi) is 5.72. The van der Waals surface area contributed by atoms with Gasteiger partial charge in [0.2, 0.25) is 0 Å². The predicted octanol–water partition coefficient (Wildman–Crippen LogP) is 4.49. The van der Waals surface area contributed by atoms with Crippen molar-refractivity contribution in [3.05, 3.63) is 95.3 Å². The number of nitrogens with one attached hydrogen (secondary N) is 1. The van der Waals surface area contributed by atoms with Crippen LogP contribution < -0.4 is 11.0 Å². The van der Waals surface area contributed by atoms with Crippen LogP contribution in [0, 0.1) is 0 Å². The zero-order valence-corrected chi connectivity index (χ0v) is 17.0. The van der Waals surface area contributed by atoms with Gasteiger partial charge >= 0.3 is 0 Å². The molecule has 6 nitrogen and oxygen atoms in total. The van der Waals surface area contributed by atoms with Crippen molar-refractivity contribution >= 4 is 39.2 Å². The second-order valence-electron chi connectivity index (χ2n) is 6.44. The van der Waals surface area contributed by atoms with Gasteiger partial charge in [0, 0.05) is 6.92 Å². The van der Waals surface area contributed by atoms with E-state index >= 15 is 0 Å². The van der Waals surface area contributed by atoms with Gasteiger partial charge in [0.15, 0.2) is 16.0 Å². The van der Waals surface area contributed by atoms with E-state index in [0.717, 1.165) is 17.4 Å². The molecule has 0 aliphatic carbocycles. The average Bonchev–Trinajstić information content (AvgIpc) is 2.78. The number of nitrogens with zero attached hydrogens (tertiary/aromatic N) is 3. The molecule has 0 saturated heterocycles. The highest BCUT2D eigenvalue weighted by Gasteiger charge is 2.18. The highest BCUT2D eigenvalue weighted by Crippen LogP contribution is 2.23. The zero-order chi connectivity index (χ0) is 20.9. The largest absolute Gasteiger partial charge is 0.292 e. The Hall–Kier alpha value is -3.71. The number of hydrogen-bond donors (Lipinski definition) is 1. The molecule has 0 radical (unpaired) electrons. The highest BCUT2D eigenvalue weighted by molar-refractivity contribution is 8.15. The molecule has 0 fully saturated rings. The lowest BCUT2D eigenvalue weighted by molar-refractivity contribution is -0.110. The number of anilines is 1. The standard InChI is InChI=1S/C23H18N4O2S/c1-16(28)21(26-25-17-10-4-2-5-11-17)30-23-24-20-15-9-8-14-19(20)22(29)27(23)18-12-6-3-7-13-18/h2-15,25H,1H3. The minimum atomic E-state index is -0.231. The van der Waals surface area contributed by atoms with Crippen molar-refractivity contribution in [2.75, 3.05) is 5.43 Å². The lowest BCUT2D eigenvalue weighted by Gasteiger charge is -2.13. The van der Waals surface area contributed by atoms with Crippen molar-refractivity contribution in [2.24, 2.45) is 5.10 Å². The first-order valence-corrected chi connectivity index (χ1v) is 10.1. The number of benzene rings is 3. The molecular weight excluding hydrogens is 396 g/mol. The number of aromatic nitrogens is 2. The molecule has 1 N–H and O–H groups in total. The van der Waals surface area contributed by atoms with Gasteiger partial charge in [-0.15, -0.1) is 0 Å². The SMILES string of the molecule is CC(=O)C(=NNc1ccccc1)Sc1nc2ccccc2c(=O)n1-c1ccccc1. The van der Waals surface area contributed by atoms with E-state index in [1.54, 1.807) is 18.2 Å². The van der Waals surface area contributed by atoms with Gasteiger partial charge in [0.05, 0.1) is 22.3 Å². The molecule has 148 valence electrons. The van der Waals surface area contributed by atoms with Gasteiger partial charge in [-0.2, -0.15) is 5.10 Å². The van der Waals surface area contributed by atoms with E-state index in [4.69, 9.17) is 0 Å². The number of hydrazone groups is 1. The first-order valence-electron chi connectivity index (χ1n) is 9.28. The third kappa shape index (κ3) is 4.16. The van der Waals surface area contributed by atoms with Gasteiger partial charge in [-0.3, -0.25) is 19.6 Å². The van der Waals surface area contributed by atoms with Crippen LogP contribution in [0.3, 0.4) is 0 Å². The van der Waals surface area contributed by atoms with Crippen molar-refractivity contribution in [1.82, 2.24) is 9.55 Å². The van der Waals surface area contributed by atoms with E-state index in [1.165, 1.54) is 11.5 Å². The van der Waals surface area contributed by atoms with Gasteiger partial charge < -0.3 is 0 Å². The number of para-hydroxylation sites is 3. The number of hydrogen-bond acceptors (Lipinski definition) is 6. The molecule has 3 aromatic carbocycles. The maximum absolute atomic E-state index is 13.2. The summed E-state index contributed by atoms with van der Waals surface area (Å²) in [6.07, 6.45) is 0. The zero-order valence-electron chi connectivity index (χ0n) is 16.1. The number of Topliss-reactive ketones (excluding diaryl/α,β-unsaturated/α-hetero) is 1. The maximum atomic E-state index is 13.2. The summed E-state index contributed by atoms with van der Waals surface area (Å²) in [6.45, 7) is 1.44. The Bertz CT molecular complexity index is 1290. The molecule has 0 saturated carbocycles. The molecule has 7 heteroatoms. The summed E-state index contributed by atoms with van der Waals surface area (Å²) in [6, 6.07) is 25.7. The van der Waals surface area contributed by atoms with Crippen molar-refractivity contribution in [2.45, 2.75) is 12.1 Å². The smallest absolute Gasteiger partial charge is 0.266 e. The molecule has 1 heterocycles. The van der Waals surface area contributed by atoms with E-state index in [0.29, 0.717) is 21.7 Å². The molecule has 4 aromatic rings. The summed E-state index contributed by atoms with van der Waals surface area (Å²) in [5.41, 5.74) is 4.68. The highest BCUT2D eigenvalue weighted by atomic mass is 32.2. The van der Waals surface area contributed by atoms with Gasteiger partial charge in [0.1, 0.15) is 0 Å². The van der Waals surface area contributed by atoms with Crippen molar-refractivity contribution in [1.29, 1.82) is 0 Å². The van der Waals surface area contributed by atoms with Crippen LogP contribution in [0.1, 0.15) is 6.92 Å². The minimum Gasteiger partial charge on any atom is -0.292 e. The van der Waals surface area contributed by atoms with E-state index in [9.17, 15) is 9.59 Å². The second-order valence-corrected chi connectivity index (χ2v) is 7.40. The van der Waals surface area contributed by atoms with Gasteiger partial charge in [-0.25, -0.2) is 4.98 Å². The van der Waals surface area contributed by atoms with E-state index in [1.807, 2.05) is 66.7 Å². The lowest BCUT2D eigenvalue weighted by Crippen LogP contribution is -2.23. The Balaban J connectivity index is 1.82. The molecule has 0 atom stereocenters. The Labute approximate surface area is 177 Å². The number of carbonyl (C=O) groups excluding carboxylic acids is 1. The van der Waals surface area contributed by atoms with Crippen LogP contribution in [0.4, 0.5) is 5.69 Å². The fourth-order valence-electron chi connectivity index (χ4n) is 2.87. The van der Waals surface area contributed by atoms with E-state index in [-0.39, 0.29) is 16.4 Å². The van der Waals surface area contributed by atoms with Crippen molar-refractivity contribution in [3.8, 4) is 5.69 Å². The molecule has 30 heavy (non-hydrogen) atoms. The van der Waals surface area contributed by atoms with E-state index in [2.05, 4.69) is 15.5 Å². The third-order valence-corrected chi connectivity index (χ3v) is 5.34. The monoisotopic (exact) mass is 414 g/mol. The molecule has 0 aliphatic heterocycles. The van der Waals surface area contributed by atoms with Gasteiger partial charge in [-0.1, -0.05) is 48.5 Å². The fraction of sp³-hybridized carbons (Fsp3) is 0.0435. The minimum absolute atomic E-state index is 0.200. The quantitative estimate of drug-likeness (QED) is 0.171. The summed E-state index contributed by atoms with van der Waals surface area (Å²) >= 11 is 1.06. The number of carbonyl (C=O) groups is 1. The van der Waals surface area contributed by atoms with Crippen LogP contribution in [0.5, 0.6) is 0 Å². The lowest BCUT2D eigenvalue weighted by atomic mass is 10.2. The molecule has 4 rings (SSSR count). The van der Waals surface area contributed by atoms with E-state index < -0.39 is 0 Å². The third-order valence-electron chi connectivity index (χ3n) is 4.31. The van der Waals surface area contributed by atoms with Crippen LogP contribution in [-0.4, -0.2) is 20.4 Å². The van der Waals surface area contributed by atoms with Crippen LogP contribution in [-0.2, 0) is 4.79 Å². The summed E-state index contributed by atoms with van der Waals surface area (Å²) < 4.78 is 1.51. The van der Waals surface area contributed by atoms with Gasteiger partial charge in [-0.05, 0) is 48.2 Å². The number of ketones is 1. The summed E-state index contributed by atoms with van der Waals surface area (Å²) in [5.74, 6) is -0.231. The summed E-state index contributed by atoms with van der Waals surface area (Å²) in [5, 5.41) is 5.34. The first kappa shape index (κ1) is 19.6. The molecule has 0 spiro atoms.